The number of aryl methyl sites for hydroxylation is 1. The fraction of sp³-hybridized carbons (Fsp3) is 0.500. The highest BCUT2D eigenvalue weighted by molar-refractivity contribution is 7.10. The average molecular weight is 153 g/mol. The van der Waals surface area contributed by atoms with E-state index in [1.54, 1.807) is 4.88 Å². The molecule has 0 unspecified atom stereocenters. The molecule has 2 rings (SSSR count). The molecule has 2 N–H and O–H groups in total. The van der Waals surface area contributed by atoms with Crippen molar-refractivity contribution in [2.45, 2.75) is 18.8 Å². The molecular formula is C8H11NS. The Kier molecular flexibility index (Phi) is 1.51. The monoisotopic (exact) mass is 153 g/mol. The summed E-state index contributed by atoms with van der Waals surface area (Å²) in [7, 11) is 0. The van der Waals surface area contributed by atoms with Crippen LogP contribution in [-0.4, -0.2) is 6.54 Å². The Balaban J connectivity index is 2.34. The van der Waals surface area contributed by atoms with Crippen molar-refractivity contribution in [1.29, 1.82) is 0 Å². The number of rotatable bonds is 1. The minimum Gasteiger partial charge on any atom is -0.330 e. The quantitative estimate of drug-likeness (QED) is 0.653. The van der Waals surface area contributed by atoms with Crippen molar-refractivity contribution in [2.24, 2.45) is 5.73 Å². The van der Waals surface area contributed by atoms with Gasteiger partial charge in [0, 0.05) is 4.88 Å². The van der Waals surface area contributed by atoms with Gasteiger partial charge in [-0.15, -0.1) is 11.3 Å². The summed E-state index contributed by atoms with van der Waals surface area (Å²) in [4.78, 5) is 1.57. The first kappa shape index (κ1) is 6.38. The lowest BCUT2D eigenvalue weighted by Gasteiger charge is -2.03. The second-order valence-electron chi connectivity index (χ2n) is 2.77. The molecule has 0 saturated carbocycles. The van der Waals surface area contributed by atoms with Gasteiger partial charge in [0.15, 0.2) is 0 Å². The minimum absolute atomic E-state index is 0.668. The highest BCUT2D eigenvalue weighted by Crippen LogP contribution is 2.35. The topological polar surface area (TPSA) is 26.0 Å². The fourth-order valence-corrected chi connectivity index (χ4v) is 2.61. The van der Waals surface area contributed by atoms with Crippen LogP contribution in [0.25, 0.3) is 0 Å². The van der Waals surface area contributed by atoms with Crippen LogP contribution in [-0.2, 0) is 6.42 Å². The van der Waals surface area contributed by atoms with Crippen LogP contribution in [0.3, 0.4) is 0 Å². The van der Waals surface area contributed by atoms with E-state index in [1.807, 2.05) is 11.3 Å². The fourth-order valence-electron chi connectivity index (χ4n) is 1.62. The molecule has 1 aromatic heterocycles. The summed E-state index contributed by atoms with van der Waals surface area (Å²) < 4.78 is 0. The van der Waals surface area contributed by atoms with E-state index in [9.17, 15) is 0 Å². The molecule has 1 heterocycles. The molecule has 1 aliphatic rings. The maximum atomic E-state index is 5.61. The van der Waals surface area contributed by atoms with Crippen LogP contribution >= 0.6 is 11.3 Å². The average Bonchev–Trinajstić information content (AvgIpc) is 2.44. The third-order valence-electron chi connectivity index (χ3n) is 2.22. The Labute approximate surface area is 64.9 Å². The molecule has 0 aromatic carbocycles. The summed E-state index contributed by atoms with van der Waals surface area (Å²) in [5.74, 6) is 0.668. The molecule has 10 heavy (non-hydrogen) atoms. The molecule has 0 spiro atoms. The molecule has 0 aliphatic heterocycles. The summed E-state index contributed by atoms with van der Waals surface area (Å²) in [6.07, 6.45) is 2.54. The van der Waals surface area contributed by atoms with Gasteiger partial charge in [0.2, 0.25) is 0 Å². The number of fused-ring (bicyclic) bond motifs is 1. The molecule has 1 aromatic rings. The first-order chi connectivity index (χ1) is 4.92. The van der Waals surface area contributed by atoms with Crippen molar-refractivity contribution in [3.8, 4) is 0 Å². The van der Waals surface area contributed by atoms with Crippen LogP contribution in [0, 0.1) is 0 Å². The second-order valence-corrected chi connectivity index (χ2v) is 3.77. The number of nitrogens with two attached hydrogens (primary N) is 1. The Bertz CT molecular complexity index is 229. The van der Waals surface area contributed by atoms with Crippen LogP contribution in [0.4, 0.5) is 0 Å². The summed E-state index contributed by atoms with van der Waals surface area (Å²) in [5, 5.41) is 2.17. The summed E-state index contributed by atoms with van der Waals surface area (Å²) >= 11 is 1.88. The van der Waals surface area contributed by atoms with E-state index in [2.05, 4.69) is 11.4 Å². The number of hydrogen-bond acceptors (Lipinski definition) is 2. The van der Waals surface area contributed by atoms with Crippen molar-refractivity contribution in [1.82, 2.24) is 0 Å². The first-order valence-corrected chi connectivity index (χ1v) is 4.56. The molecule has 0 radical (unpaired) electrons. The normalized spacial score (nSPS) is 23.1. The van der Waals surface area contributed by atoms with Gasteiger partial charge in [-0.25, -0.2) is 0 Å². The maximum absolute atomic E-state index is 5.61. The van der Waals surface area contributed by atoms with E-state index in [0.717, 1.165) is 6.54 Å². The summed E-state index contributed by atoms with van der Waals surface area (Å²) in [6, 6.07) is 2.23. The molecule has 0 bridgehead atoms. The smallest absolute Gasteiger partial charge is 0.00807 e. The largest absolute Gasteiger partial charge is 0.330 e. The van der Waals surface area contributed by atoms with Crippen molar-refractivity contribution >= 4 is 11.3 Å². The van der Waals surface area contributed by atoms with Crippen molar-refractivity contribution in [3.63, 3.8) is 0 Å². The lowest BCUT2D eigenvalue weighted by atomic mass is 10.1. The predicted molar refractivity (Wildman–Crippen MR) is 44.4 cm³/mol. The maximum Gasteiger partial charge on any atom is 0.00807 e. The Morgan fingerprint density at radius 1 is 1.70 bits per heavy atom. The van der Waals surface area contributed by atoms with Crippen LogP contribution in [0.2, 0.25) is 0 Å². The number of thiophene rings is 1. The standard InChI is InChI=1S/C8H11NS/c9-5-6-1-2-8-7(6)3-4-10-8/h3-4,6H,1-2,5,9H2/t6-/m0/s1. The van der Waals surface area contributed by atoms with Crippen LogP contribution in [0.1, 0.15) is 22.8 Å². The highest BCUT2D eigenvalue weighted by Gasteiger charge is 2.21. The van der Waals surface area contributed by atoms with E-state index in [4.69, 9.17) is 5.73 Å². The Morgan fingerprint density at radius 3 is 3.40 bits per heavy atom. The van der Waals surface area contributed by atoms with Gasteiger partial charge in [0.1, 0.15) is 0 Å². The van der Waals surface area contributed by atoms with Gasteiger partial charge >= 0.3 is 0 Å². The van der Waals surface area contributed by atoms with E-state index in [1.165, 1.54) is 18.4 Å². The highest BCUT2D eigenvalue weighted by atomic mass is 32.1. The second kappa shape index (κ2) is 2.36. The van der Waals surface area contributed by atoms with Crippen LogP contribution < -0.4 is 5.73 Å². The molecule has 1 atom stereocenters. The first-order valence-electron chi connectivity index (χ1n) is 3.68. The van der Waals surface area contributed by atoms with E-state index in [-0.39, 0.29) is 0 Å². The van der Waals surface area contributed by atoms with Gasteiger partial charge in [-0.05, 0) is 42.3 Å². The zero-order valence-electron chi connectivity index (χ0n) is 5.84. The van der Waals surface area contributed by atoms with Crippen LogP contribution in [0.5, 0.6) is 0 Å². The van der Waals surface area contributed by atoms with E-state index in [0.29, 0.717) is 5.92 Å². The summed E-state index contributed by atoms with van der Waals surface area (Å²) in [5.41, 5.74) is 7.13. The lowest BCUT2D eigenvalue weighted by Crippen LogP contribution is -2.08. The van der Waals surface area contributed by atoms with Crippen molar-refractivity contribution in [2.75, 3.05) is 6.54 Å². The SMILES string of the molecule is NC[C@@H]1CCc2sccc21. The Hall–Kier alpha value is -0.340. The van der Waals surface area contributed by atoms with Gasteiger partial charge in [-0.3, -0.25) is 0 Å². The molecule has 2 heteroatoms. The van der Waals surface area contributed by atoms with E-state index < -0.39 is 0 Å². The molecule has 1 nitrogen and oxygen atoms in total. The van der Waals surface area contributed by atoms with Gasteiger partial charge < -0.3 is 5.73 Å². The Morgan fingerprint density at radius 2 is 2.60 bits per heavy atom. The van der Waals surface area contributed by atoms with Gasteiger partial charge in [0.05, 0.1) is 0 Å². The van der Waals surface area contributed by atoms with Gasteiger partial charge in [-0.1, -0.05) is 0 Å². The third kappa shape index (κ3) is 0.796. The van der Waals surface area contributed by atoms with E-state index >= 15 is 0 Å². The zero-order chi connectivity index (χ0) is 6.97. The van der Waals surface area contributed by atoms with Crippen molar-refractivity contribution in [3.05, 3.63) is 21.9 Å². The van der Waals surface area contributed by atoms with Gasteiger partial charge in [0.25, 0.3) is 0 Å². The van der Waals surface area contributed by atoms with Gasteiger partial charge in [-0.2, -0.15) is 0 Å². The molecule has 0 fully saturated rings. The summed E-state index contributed by atoms with van der Waals surface area (Å²) in [6.45, 7) is 0.823. The molecule has 54 valence electrons. The van der Waals surface area contributed by atoms with Crippen LogP contribution in [0.15, 0.2) is 11.4 Å². The minimum atomic E-state index is 0.668. The molecular weight excluding hydrogens is 142 g/mol. The number of hydrogen-bond donors (Lipinski definition) is 1. The predicted octanol–water partition coefficient (Wildman–Crippen LogP) is 1.74. The molecule has 0 amide bonds. The molecule has 0 saturated heterocycles. The van der Waals surface area contributed by atoms with Crippen molar-refractivity contribution < 1.29 is 0 Å². The lowest BCUT2D eigenvalue weighted by molar-refractivity contribution is 0.688. The zero-order valence-corrected chi connectivity index (χ0v) is 6.66. The third-order valence-corrected chi connectivity index (χ3v) is 3.22. The molecule has 1 aliphatic carbocycles.